The van der Waals surface area contributed by atoms with Gasteiger partial charge < -0.3 is 5.32 Å². The van der Waals surface area contributed by atoms with E-state index >= 15 is 0 Å². The number of nitrogens with one attached hydrogen (secondary N) is 1. The van der Waals surface area contributed by atoms with Gasteiger partial charge in [-0.05, 0) is 25.5 Å². The van der Waals surface area contributed by atoms with Crippen LogP contribution < -0.4 is 5.32 Å². The van der Waals surface area contributed by atoms with Gasteiger partial charge in [0.05, 0.1) is 6.20 Å². The molecule has 0 spiro atoms. The normalized spacial score (nSPS) is 13.2. The van der Waals surface area contributed by atoms with Crippen LogP contribution in [0.15, 0.2) is 12.4 Å². The van der Waals surface area contributed by atoms with E-state index < -0.39 is 0 Å². The van der Waals surface area contributed by atoms with Gasteiger partial charge in [-0.3, -0.25) is 4.68 Å². The maximum atomic E-state index is 4.16. The summed E-state index contributed by atoms with van der Waals surface area (Å²) in [4.78, 5) is 0. The molecule has 1 N–H and O–H groups in total. The summed E-state index contributed by atoms with van der Waals surface area (Å²) >= 11 is 1.88. The molecule has 3 nitrogen and oxygen atoms in total. The molecule has 1 atom stereocenters. The SMILES string of the molecule is CNC(CCSC)c1cnn(C)c1. The quantitative estimate of drug-likeness (QED) is 0.778. The van der Waals surface area contributed by atoms with Crippen LogP contribution >= 0.6 is 11.8 Å². The number of hydrogen-bond donors (Lipinski definition) is 1. The fraction of sp³-hybridized carbons (Fsp3) is 0.667. The Morgan fingerprint density at radius 2 is 2.46 bits per heavy atom. The maximum Gasteiger partial charge on any atom is 0.0537 e. The first-order chi connectivity index (χ1) is 6.27. The second-order valence-corrected chi connectivity index (χ2v) is 4.06. The largest absolute Gasteiger partial charge is 0.313 e. The molecule has 74 valence electrons. The minimum absolute atomic E-state index is 0.446. The van der Waals surface area contributed by atoms with Gasteiger partial charge in [0, 0.05) is 24.8 Å². The highest BCUT2D eigenvalue weighted by Crippen LogP contribution is 2.16. The summed E-state index contributed by atoms with van der Waals surface area (Å²) in [5.74, 6) is 1.18. The Labute approximate surface area is 83.9 Å². The number of thioether (sulfide) groups is 1. The molecule has 4 heteroatoms. The molecule has 0 radical (unpaired) electrons. The summed E-state index contributed by atoms with van der Waals surface area (Å²) in [5.41, 5.74) is 1.28. The van der Waals surface area contributed by atoms with Crippen molar-refractivity contribution in [1.29, 1.82) is 0 Å². The van der Waals surface area contributed by atoms with Crippen LogP contribution in [0.5, 0.6) is 0 Å². The third kappa shape index (κ3) is 3.04. The molecule has 0 aromatic carbocycles. The Morgan fingerprint density at radius 1 is 1.69 bits per heavy atom. The number of aryl methyl sites for hydroxylation is 1. The average molecular weight is 199 g/mol. The van der Waals surface area contributed by atoms with Crippen molar-refractivity contribution in [1.82, 2.24) is 15.1 Å². The van der Waals surface area contributed by atoms with Crippen LogP contribution in [0.2, 0.25) is 0 Å². The van der Waals surface area contributed by atoms with Gasteiger partial charge in [0.25, 0.3) is 0 Å². The van der Waals surface area contributed by atoms with Gasteiger partial charge in [-0.1, -0.05) is 0 Å². The molecule has 1 heterocycles. The first-order valence-corrected chi connectivity index (χ1v) is 5.82. The van der Waals surface area contributed by atoms with Crippen molar-refractivity contribution in [3.8, 4) is 0 Å². The van der Waals surface area contributed by atoms with Gasteiger partial charge in [0.15, 0.2) is 0 Å². The minimum Gasteiger partial charge on any atom is -0.313 e. The average Bonchev–Trinajstić information content (AvgIpc) is 2.54. The number of nitrogens with zero attached hydrogens (tertiary/aromatic N) is 2. The summed E-state index contributed by atoms with van der Waals surface area (Å²) in [7, 11) is 3.95. The molecule has 1 rings (SSSR count). The van der Waals surface area contributed by atoms with E-state index in [4.69, 9.17) is 0 Å². The van der Waals surface area contributed by atoms with Crippen molar-refractivity contribution < 1.29 is 0 Å². The molecule has 0 fully saturated rings. The third-order valence-corrected chi connectivity index (χ3v) is 2.73. The molecule has 0 aliphatic heterocycles. The summed E-state index contributed by atoms with van der Waals surface area (Å²) in [6, 6.07) is 0.446. The summed E-state index contributed by atoms with van der Waals surface area (Å²) in [5, 5.41) is 7.46. The Balaban J connectivity index is 2.56. The lowest BCUT2D eigenvalue weighted by atomic mass is 10.1. The van der Waals surface area contributed by atoms with E-state index in [0.29, 0.717) is 6.04 Å². The predicted octanol–water partition coefficient (Wildman–Crippen LogP) is 1.43. The van der Waals surface area contributed by atoms with Gasteiger partial charge >= 0.3 is 0 Å². The van der Waals surface area contributed by atoms with Crippen LogP contribution in [0.1, 0.15) is 18.0 Å². The topological polar surface area (TPSA) is 29.9 Å². The maximum absolute atomic E-state index is 4.16. The van der Waals surface area contributed by atoms with Gasteiger partial charge in [0.1, 0.15) is 0 Å². The van der Waals surface area contributed by atoms with Gasteiger partial charge in [-0.2, -0.15) is 16.9 Å². The predicted molar refractivity (Wildman–Crippen MR) is 58.0 cm³/mol. The Bertz CT molecular complexity index is 247. The van der Waals surface area contributed by atoms with Crippen LogP contribution in [0.4, 0.5) is 0 Å². The van der Waals surface area contributed by atoms with E-state index in [2.05, 4.69) is 22.9 Å². The summed E-state index contributed by atoms with van der Waals surface area (Å²) < 4.78 is 1.85. The second-order valence-electron chi connectivity index (χ2n) is 3.07. The summed E-state index contributed by atoms with van der Waals surface area (Å²) in [6.45, 7) is 0. The lowest BCUT2D eigenvalue weighted by molar-refractivity contribution is 0.580. The lowest BCUT2D eigenvalue weighted by Gasteiger charge is -2.12. The highest BCUT2D eigenvalue weighted by atomic mass is 32.2. The monoisotopic (exact) mass is 199 g/mol. The molecule has 1 aromatic heterocycles. The second kappa shape index (κ2) is 5.29. The van der Waals surface area contributed by atoms with Crippen molar-refractivity contribution in [3.63, 3.8) is 0 Å². The lowest BCUT2D eigenvalue weighted by Crippen LogP contribution is -2.16. The van der Waals surface area contributed by atoms with Gasteiger partial charge in [-0.25, -0.2) is 0 Å². The van der Waals surface area contributed by atoms with E-state index in [1.54, 1.807) is 0 Å². The fourth-order valence-electron chi connectivity index (χ4n) is 1.33. The van der Waals surface area contributed by atoms with Gasteiger partial charge in [-0.15, -0.1) is 0 Å². The number of aromatic nitrogens is 2. The van der Waals surface area contributed by atoms with Crippen molar-refractivity contribution in [3.05, 3.63) is 18.0 Å². The molecule has 0 saturated carbocycles. The van der Waals surface area contributed by atoms with Crippen molar-refractivity contribution >= 4 is 11.8 Å². The highest BCUT2D eigenvalue weighted by Gasteiger charge is 2.09. The van der Waals surface area contributed by atoms with Crippen LogP contribution in [0.3, 0.4) is 0 Å². The smallest absolute Gasteiger partial charge is 0.0537 e. The zero-order chi connectivity index (χ0) is 9.68. The van der Waals surface area contributed by atoms with E-state index in [1.807, 2.05) is 36.7 Å². The van der Waals surface area contributed by atoms with Crippen molar-refractivity contribution in [2.75, 3.05) is 19.1 Å². The van der Waals surface area contributed by atoms with Crippen LogP contribution in [-0.2, 0) is 7.05 Å². The molecule has 0 amide bonds. The molecular formula is C9H17N3S. The first kappa shape index (κ1) is 10.6. The fourth-order valence-corrected chi connectivity index (χ4v) is 1.80. The molecular weight excluding hydrogens is 182 g/mol. The van der Waals surface area contributed by atoms with Crippen molar-refractivity contribution in [2.24, 2.45) is 7.05 Å². The highest BCUT2D eigenvalue weighted by molar-refractivity contribution is 7.98. The molecule has 0 bridgehead atoms. The molecule has 1 unspecified atom stereocenters. The van der Waals surface area contributed by atoms with E-state index in [9.17, 15) is 0 Å². The number of hydrogen-bond acceptors (Lipinski definition) is 3. The molecule has 0 aliphatic rings. The van der Waals surface area contributed by atoms with Crippen molar-refractivity contribution in [2.45, 2.75) is 12.5 Å². The Morgan fingerprint density at radius 3 is 2.92 bits per heavy atom. The van der Waals surface area contributed by atoms with E-state index in [0.717, 1.165) is 6.42 Å². The minimum atomic E-state index is 0.446. The number of rotatable bonds is 5. The molecule has 0 saturated heterocycles. The Kier molecular flexibility index (Phi) is 4.32. The molecule has 1 aromatic rings. The van der Waals surface area contributed by atoms with E-state index in [-0.39, 0.29) is 0 Å². The van der Waals surface area contributed by atoms with Crippen LogP contribution in [-0.4, -0.2) is 28.8 Å². The third-order valence-electron chi connectivity index (χ3n) is 2.09. The standard InChI is InChI=1S/C9H17N3S/c1-10-9(4-5-13-3)8-6-11-12(2)7-8/h6-7,9-10H,4-5H2,1-3H3. The van der Waals surface area contributed by atoms with Gasteiger partial charge in [0.2, 0.25) is 0 Å². The van der Waals surface area contributed by atoms with E-state index in [1.165, 1.54) is 11.3 Å². The molecule has 0 aliphatic carbocycles. The van der Waals surface area contributed by atoms with Crippen LogP contribution in [0, 0.1) is 0 Å². The zero-order valence-electron chi connectivity index (χ0n) is 8.45. The zero-order valence-corrected chi connectivity index (χ0v) is 9.27. The summed E-state index contributed by atoms with van der Waals surface area (Å²) in [6.07, 6.45) is 7.29. The Hall–Kier alpha value is -0.480. The first-order valence-electron chi connectivity index (χ1n) is 4.42. The molecule has 13 heavy (non-hydrogen) atoms. The van der Waals surface area contributed by atoms with Crippen LogP contribution in [0.25, 0.3) is 0 Å².